The number of hydrogen-bond acceptors (Lipinski definition) is 6. The van der Waals surface area contributed by atoms with Crippen LogP contribution in [0.5, 0.6) is 11.5 Å². The second-order valence-corrected chi connectivity index (χ2v) is 6.76. The van der Waals surface area contributed by atoms with Crippen molar-refractivity contribution in [2.24, 2.45) is 5.73 Å². The van der Waals surface area contributed by atoms with Crippen LogP contribution in [0.2, 0.25) is 0 Å². The fourth-order valence-corrected chi connectivity index (χ4v) is 3.97. The van der Waals surface area contributed by atoms with Crippen molar-refractivity contribution in [2.45, 2.75) is 25.3 Å². The van der Waals surface area contributed by atoms with Gasteiger partial charge >= 0.3 is 0 Å². The number of aromatic nitrogens is 1. The zero-order chi connectivity index (χ0) is 15.8. The number of carbonyl (C=O) groups excluding carboxylic acids is 1. The summed E-state index contributed by atoms with van der Waals surface area (Å²) in [4.78, 5) is 18.3. The van der Waals surface area contributed by atoms with Crippen LogP contribution >= 0.6 is 11.3 Å². The van der Waals surface area contributed by atoms with Gasteiger partial charge in [-0.1, -0.05) is 6.07 Å². The summed E-state index contributed by atoms with van der Waals surface area (Å²) in [5.41, 5.74) is 7.51. The van der Waals surface area contributed by atoms with E-state index in [1.807, 2.05) is 0 Å². The van der Waals surface area contributed by atoms with Gasteiger partial charge in [0.1, 0.15) is 13.2 Å². The van der Waals surface area contributed by atoms with E-state index >= 15 is 0 Å². The quantitative estimate of drug-likeness (QED) is 0.879. The van der Waals surface area contributed by atoms with Gasteiger partial charge in [-0.2, -0.15) is 0 Å². The number of thiazole rings is 1. The predicted molar refractivity (Wildman–Crippen MR) is 87.5 cm³/mol. The third-order valence-corrected chi connectivity index (χ3v) is 5.04. The molecule has 1 aromatic heterocycles. The van der Waals surface area contributed by atoms with Gasteiger partial charge in [0.2, 0.25) is 0 Å². The third kappa shape index (κ3) is 2.77. The second-order valence-electron chi connectivity index (χ2n) is 5.68. The number of carbonyl (C=O) groups is 1. The largest absolute Gasteiger partial charge is 0.486 e. The first-order valence-corrected chi connectivity index (χ1v) is 8.46. The van der Waals surface area contributed by atoms with Crippen LogP contribution in [0.3, 0.4) is 0 Å². The number of aryl methyl sites for hydroxylation is 1. The monoisotopic (exact) mass is 331 g/mol. The Bertz CT molecular complexity index is 759. The molecule has 0 spiro atoms. The smallest absolute Gasteiger partial charge is 0.261 e. The number of nitrogens with two attached hydrogens (primary N) is 1. The molecule has 0 radical (unpaired) electrons. The average molecular weight is 331 g/mol. The summed E-state index contributed by atoms with van der Waals surface area (Å²) in [5, 5.41) is 3.49. The van der Waals surface area contributed by atoms with Gasteiger partial charge in [0.25, 0.3) is 5.91 Å². The highest BCUT2D eigenvalue weighted by molar-refractivity contribution is 7.15. The fourth-order valence-electron chi connectivity index (χ4n) is 2.87. The molecule has 1 aromatic carbocycles. The molecular formula is C16H17N3O3S. The summed E-state index contributed by atoms with van der Waals surface area (Å²) in [7, 11) is 0. The van der Waals surface area contributed by atoms with Crippen molar-refractivity contribution in [2.75, 3.05) is 18.5 Å². The number of nitrogens with zero attached hydrogens (tertiary/aromatic N) is 1. The van der Waals surface area contributed by atoms with E-state index in [9.17, 15) is 4.79 Å². The van der Waals surface area contributed by atoms with Gasteiger partial charge in [0.15, 0.2) is 16.6 Å². The first kappa shape index (κ1) is 14.5. The Morgan fingerprint density at radius 1 is 1.35 bits per heavy atom. The Morgan fingerprint density at radius 3 is 3.13 bits per heavy atom. The van der Waals surface area contributed by atoms with E-state index < -0.39 is 0 Å². The maximum Gasteiger partial charge on any atom is 0.261 e. The molecule has 3 N–H and O–H groups in total. The van der Waals surface area contributed by atoms with E-state index in [0.717, 1.165) is 25.0 Å². The molecule has 0 bridgehead atoms. The summed E-state index contributed by atoms with van der Waals surface area (Å²) in [6, 6.07) is 5.51. The van der Waals surface area contributed by atoms with Crippen molar-refractivity contribution in [3.63, 3.8) is 0 Å². The average Bonchev–Trinajstić information content (AvgIpc) is 2.95. The standard InChI is InChI=1S/C16H17N3O3S/c17-9-4-5-11-13(8-9)23-16(18-11)19-15(20)10-2-1-3-12-14(10)22-7-6-21-12/h1-3,9H,4-8,17H2,(H,18,19,20)/t9-/m0/s1. The van der Waals surface area contributed by atoms with Crippen molar-refractivity contribution in [1.82, 2.24) is 4.98 Å². The Hall–Kier alpha value is -2.12. The Labute approximate surface area is 137 Å². The zero-order valence-electron chi connectivity index (χ0n) is 12.5. The highest BCUT2D eigenvalue weighted by Crippen LogP contribution is 2.35. The lowest BCUT2D eigenvalue weighted by molar-refractivity contribution is 0.101. The van der Waals surface area contributed by atoms with Crippen molar-refractivity contribution >= 4 is 22.4 Å². The minimum atomic E-state index is -0.234. The number of benzene rings is 1. The van der Waals surface area contributed by atoms with Crippen LogP contribution in [-0.2, 0) is 12.8 Å². The van der Waals surface area contributed by atoms with E-state index in [4.69, 9.17) is 15.2 Å². The van der Waals surface area contributed by atoms with Crippen LogP contribution in [0.4, 0.5) is 5.13 Å². The van der Waals surface area contributed by atoms with Gasteiger partial charge in [-0.15, -0.1) is 11.3 Å². The SMILES string of the molecule is N[C@H]1CCc2nc(NC(=O)c3cccc4c3OCCO4)sc2C1. The molecule has 1 atom stereocenters. The lowest BCUT2D eigenvalue weighted by atomic mass is 9.99. The summed E-state index contributed by atoms with van der Waals surface area (Å²) in [6.07, 6.45) is 2.66. The molecule has 6 nitrogen and oxygen atoms in total. The van der Waals surface area contributed by atoms with E-state index in [0.29, 0.717) is 35.4 Å². The number of amides is 1. The molecule has 1 amide bonds. The zero-order valence-corrected chi connectivity index (χ0v) is 13.3. The van der Waals surface area contributed by atoms with Gasteiger partial charge in [-0.05, 0) is 31.4 Å². The van der Waals surface area contributed by atoms with Crippen molar-refractivity contribution in [1.29, 1.82) is 0 Å². The first-order valence-electron chi connectivity index (χ1n) is 7.65. The predicted octanol–water partition coefficient (Wildman–Crippen LogP) is 1.98. The van der Waals surface area contributed by atoms with Crippen LogP contribution < -0.4 is 20.5 Å². The minimum absolute atomic E-state index is 0.193. The Kier molecular flexibility index (Phi) is 3.66. The van der Waals surface area contributed by atoms with Crippen LogP contribution in [0.25, 0.3) is 0 Å². The number of rotatable bonds is 2. The lowest BCUT2D eigenvalue weighted by Crippen LogP contribution is -2.27. The number of para-hydroxylation sites is 1. The van der Waals surface area contributed by atoms with Gasteiger partial charge in [-0.3, -0.25) is 10.1 Å². The fraction of sp³-hybridized carbons (Fsp3) is 0.375. The number of hydrogen-bond donors (Lipinski definition) is 2. The molecule has 2 aromatic rings. The normalized spacial score (nSPS) is 19.1. The minimum Gasteiger partial charge on any atom is -0.486 e. The van der Waals surface area contributed by atoms with Crippen molar-refractivity contribution in [3.8, 4) is 11.5 Å². The van der Waals surface area contributed by atoms with E-state index in [-0.39, 0.29) is 11.9 Å². The van der Waals surface area contributed by atoms with Crippen molar-refractivity contribution < 1.29 is 14.3 Å². The molecule has 1 aliphatic heterocycles. The topological polar surface area (TPSA) is 86.5 Å². The summed E-state index contributed by atoms with van der Waals surface area (Å²) in [5.74, 6) is 0.871. The second kappa shape index (κ2) is 5.82. The number of fused-ring (bicyclic) bond motifs is 2. The van der Waals surface area contributed by atoms with Crippen LogP contribution in [0.1, 0.15) is 27.3 Å². The first-order chi connectivity index (χ1) is 11.2. The molecular weight excluding hydrogens is 314 g/mol. The molecule has 1 aliphatic carbocycles. The molecule has 0 saturated carbocycles. The molecule has 2 heterocycles. The lowest BCUT2D eigenvalue weighted by Gasteiger charge is -2.20. The van der Waals surface area contributed by atoms with Gasteiger partial charge < -0.3 is 15.2 Å². The van der Waals surface area contributed by atoms with Gasteiger partial charge in [0.05, 0.1) is 11.3 Å². The van der Waals surface area contributed by atoms with Crippen LogP contribution in [-0.4, -0.2) is 30.1 Å². The van der Waals surface area contributed by atoms with E-state index in [1.54, 1.807) is 18.2 Å². The number of anilines is 1. The third-order valence-electron chi connectivity index (χ3n) is 4.01. The summed E-state index contributed by atoms with van der Waals surface area (Å²) in [6.45, 7) is 0.943. The van der Waals surface area contributed by atoms with Crippen molar-refractivity contribution in [3.05, 3.63) is 34.3 Å². The maximum absolute atomic E-state index is 12.6. The highest BCUT2D eigenvalue weighted by Gasteiger charge is 2.23. The summed E-state index contributed by atoms with van der Waals surface area (Å²) < 4.78 is 11.1. The molecule has 120 valence electrons. The van der Waals surface area contributed by atoms with Gasteiger partial charge in [0, 0.05) is 10.9 Å². The van der Waals surface area contributed by atoms with E-state index in [1.165, 1.54) is 16.2 Å². The molecule has 23 heavy (non-hydrogen) atoms. The van der Waals surface area contributed by atoms with Crippen LogP contribution in [0, 0.1) is 0 Å². The molecule has 2 aliphatic rings. The maximum atomic E-state index is 12.6. The molecule has 0 fully saturated rings. The van der Waals surface area contributed by atoms with E-state index in [2.05, 4.69) is 10.3 Å². The van der Waals surface area contributed by atoms with Gasteiger partial charge in [-0.25, -0.2) is 4.98 Å². The molecule has 0 unspecified atom stereocenters. The number of nitrogens with one attached hydrogen (secondary N) is 1. The molecule has 0 saturated heterocycles. The Morgan fingerprint density at radius 2 is 2.22 bits per heavy atom. The highest BCUT2D eigenvalue weighted by atomic mass is 32.1. The molecule has 4 rings (SSSR count). The molecule has 7 heteroatoms. The summed E-state index contributed by atoms with van der Waals surface area (Å²) >= 11 is 1.50. The number of ether oxygens (including phenoxy) is 2. The van der Waals surface area contributed by atoms with Crippen LogP contribution in [0.15, 0.2) is 18.2 Å². The Balaban J connectivity index is 1.57.